The maximum atomic E-state index is 11.5. The molecular weight excluding hydrogens is 958 g/mol. The van der Waals surface area contributed by atoms with E-state index in [1.807, 2.05) is 78.9 Å². The van der Waals surface area contributed by atoms with Crippen molar-refractivity contribution in [2.75, 3.05) is 87.2 Å². The van der Waals surface area contributed by atoms with Gasteiger partial charge in [0.05, 0.1) is 55.7 Å². The minimum atomic E-state index is -0.103. The highest BCUT2D eigenvalue weighted by molar-refractivity contribution is 9.09. The number of fused-ring (bicyclic) bond motifs is 2. The van der Waals surface area contributed by atoms with E-state index in [4.69, 9.17) is 55.9 Å². The Morgan fingerprint density at radius 3 is 1.69 bits per heavy atom. The molecule has 0 bridgehead atoms. The summed E-state index contributed by atoms with van der Waals surface area (Å²) < 4.78 is 11.4. The lowest BCUT2D eigenvalue weighted by molar-refractivity contribution is 0.244. The van der Waals surface area contributed by atoms with Crippen LogP contribution in [0, 0.1) is 0 Å². The topological polar surface area (TPSA) is 106 Å². The second kappa shape index (κ2) is 25.6. The number of benzene rings is 4. The summed E-state index contributed by atoms with van der Waals surface area (Å²) in [6.07, 6.45) is 4.13. The maximum absolute atomic E-state index is 11.5. The summed E-state index contributed by atoms with van der Waals surface area (Å²) in [5, 5.41) is 8.83. The summed E-state index contributed by atoms with van der Waals surface area (Å²) in [5.74, 6) is 1.57. The van der Waals surface area contributed by atoms with Gasteiger partial charge in [0.1, 0.15) is 11.5 Å². The van der Waals surface area contributed by atoms with Crippen molar-refractivity contribution in [1.29, 1.82) is 0 Å². The van der Waals surface area contributed by atoms with Crippen molar-refractivity contribution in [1.82, 2.24) is 20.2 Å². The number of anilines is 2. The van der Waals surface area contributed by atoms with Crippen LogP contribution in [-0.4, -0.2) is 92.3 Å². The fraction of sp³-hybridized carbons (Fsp3) is 0.348. The molecule has 3 N–H and O–H groups in total. The van der Waals surface area contributed by atoms with Crippen LogP contribution in [0.15, 0.2) is 107 Å². The standard InChI is InChI=1S/C23H25Cl2N3O2.C12H12BrNO2.C11H14Cl2N2.ClH/c24-19-4-1-5-21(23(19)25)28-12-2-10-27(13-14-28)11-3-15-30-18-8-6-17-7-9-22(29)26-20(17)16-18;13-6-1-7-16-10-4-2-9-3-5-12(15)14-11(9)8-10;12-9-3-1-4-10(11(9)13)15-7-2-5-14-6-8-15;/h1,4-9,16H,2-3,10-15H2,(H,26,29);2-5,8H,1,6-7H2,(H,14,15);1,3-4,14H,2,5-8H2;1H. The first kappa shape index (κ1) is 49.4. The number of nitrogens with one attached hydrogen (secondary N) is 3. The number of nitrogens with zero attached hydrogens (tertiary/aromatic N) is 3. The number of H-pyrrole nitrogens is 2. The van der Waals surface area contributed by atoms with E-state index in [-0.39, 0.29) is 23.5 Å². The highest BCUT2D eigenvalue weighted by atomic mass is 79.9. The molecular formula is C46H52BrCl5N6O4. The number of ether oxygens (including phenoxy) is 2. The Morgan fingerprint density at radius 2 is 1.11 bits per heavy atom. The molecule has 0 saturated carbocycles. The van der Waals surface area contributed by atoms with Gasteiger partial charge in [0, 0.05) is 75.4 Å². The van der Waals surface area contributed by atoms with Crippen LogP contribution < -0.4 is 35.7 Å². The summed E-state index contributed by atoms with van der Waals surface area (Å²) in [5.41, 5.74) is 3.48. The third-order valence-electron chi connectivity index (χ3n) is 10.3. The average Bonchev–Trinajstić information content (AvgIpc) is 3.69. The second-order valence-electron chi connectivity index (χ2n) is 14.7. The minimum absolute atomic E-state index is 0. The van der Waals surface area contributed by atoms with Crippen LogP contribution in [0.1, 0.15) is 25.7 Å². The van der Waals surface area contributed by atoms with E-state index in [1.54, 1.807) is 6.07 Å². The van der Waals surface area contributed by atoms with Crippen LogP contribution in [0.3, 0.4) is 0 Å². The Bertz CT molecular complexity index is 2450. The van der Waals surface area contributed by atoms with Crippen LogP contribution >= 0.6 is 74.7 Å². The van der Waals surface area contributed by atoms with Crippen LogP contribution in [0.4, 0.5) is 11.4 Å². The number of hydrogen-bond donors (Lipinski definition) is 3. The van der Waals surface area contributed by atoms with Crippen molar-refractivity contribution in [3.63, 3.8) is 0 Å². The molecule has 6 aromatic rings. The van der Waals surface area contributed by atoms with Gasteiger partial charge in [-0.05, 0) is 110 Å². The van der Waals surface area contributed by atoms with Crippen molar-refractivity contribution in [2.45, 2.75) is 25.7 Å². The maximum Gasteiger partial charge on any atom is 0.248 e. The van der Waals surface area contributed by atoms with E-state index in [1.165, 1.54) is 12.1 Å². The number of rotatable bonds is 11. The second-order valence-corrected chi connectivity index (χ2v) is 17.0. The van der Waals surface area contributed by atoms with Gasteiger partial charge in [0.25, 0.3) is 0 Å². The SMILES string of the molecule is Cl.Clc1cccc(N2CCCNCC2)c1Cl.O=c1ccc2ccc(OCCCBr)cc2[nH]1.O=c1ccc2ccc(OCCCN3CCCN(c4cccc(Cl)c4Cl)CC3)cc2[nH]1. The van der Waals surface area contributed by atoms with Crippen LogP contribution in [-0.2, 0) is 0 Å². The predicted molar refractivity (Wildman–Crippen MR) is 266 cm³/mol. The molecule has 2 aromatic heterocycles. The Labute approximate surface area is 397 Å². The summed E-state index contributed by atoms with van der Waals surface area (Å²) >= 11 is 28.1. The van der Waals surface area contributed by atoms with Gasteiger partial charge in [-0.25, -0.2) is 0 Å². The number of halogens is 6. The predicted octanol–water partition coefficient (Wildman–Crippen LogP) is 10.7. The van der Waals surface area contributed by atoms with Crippen molar-refractivity contribution in [3.05, 3.63) is 138 Å². The Balaban J connectivity index is 0.000000192. The first-order valence-electron chi connectivity index (χ1n) is 20.6. The van der Waals surface area contributed by atoms with Gasteiger partial charge >= 0.3 is 0 Å². The van der Waals surface area contributed by atoms with E-state index in [0.29, 0.717) is 33.3 Å². The van der Waals surface area contributed by atoms with Gasteiger partial charge in [0.2, 0.25) is 11.1 Å². The Morgan fingerprint density at radius 1 is 0.581 bits per heavy atom. The summed E-state index contributed by atoms with van der Waals surface area (Å²) in [7, 11) is 0. The van der Waals surface area contributed by atoms with Crippen molar-refractivity contribution < 1.29 is 9.47 Å². The van der Waals surface area contributed by atoms with Crippen LogP contribution in [0.25, 0.3) is 21.8 Å². The highest BCUT2D eigenvalue weighted by Crippen LogP contribution is 2.34. The van der Waals surface area contributed by atoms with Gasteiger partial charge in [0.15, 0.2) is 0 Å². The first-order chi connectivity index (χ1) is 29.7. The smallest absolute Gasteiger partial charge is 0.248 e. The van der Waals surface area contributed by atoms with Crippen molar-refractivity contribution in [2.24, 2.45) is 0 Å². The van der Waals surface area contributed by atoms with Gasteiger partial charge in [-0.3, -0.25) is 9.59 Å². The first-order valence-corrected chi connectivity index (χ1v) is 23.2. The molecule has 2 saturated heterocycles. The number of aromatic nitrogens is 2. The number of alkyl halides is 1. The van der Waals surface area contributed by atoms with Gasteiger partial charge in [-0.15, -0.1) is 12.4 Å². The molecule has 16 heteroatoms. The monoisotopic (exact) mass is 1010 g/mol. The Kier molecular flexibility index (Phi) is 20.4. The zero-order valence-corrected chi connectivity index (χ0v) is 39.8. The zero-order chi connectivity index (χ0) is 43.0. The fourth-order valence-electron chi connectivity index (χ4n) is 7.16. The van der Waals surface area contributed by atoms with Crippen molar-refractivity contribution >= 4 is 108 Å². The van der Waals surface area contributed by atoms with E-state index >= 15 is 0 Å². The lowest BCUT2D eigenvalue weighted by atomic mass is 10.2. The van der Waals surface area contributed by atoms with Crippen molar-refractivity contribution in [3.8, 4) is 11.5 Å². The summed E-state index contributed by atoms with van der Waals surface area (Å²) in [4.78, 5) is 35.3. The summed E-state index contributed by atoms with van der Waals surface area (Å²) in [6.45, 7) is 10.4. The van der Waals surface area contributed by atoms with E-state index in [0.717, 1.165) is 135 Å². The van der Waals surface area contributed by atoms with Crippen LogP contribution in [0.2, 0.25) is 20.1 Å². The molecule has 8 rings (SSSR count). The summed E-state index contributed by atoms with van der Waals surface area (Å²) in [6, 6.07) is 29.8. The van der Waals surface area contributed by atoms with Crippen LogP contribution in [0.5, 0.6) is 11.5 Å². The van der Waals surface area contributed by atoms with E-state index in [9.17, 15) is 9.59 Å². The third-order valence-corrected chi connectivity index (χ3v) is 12.5. The molecule has 0 unspecified atom stereocenters. The minimum Gasteiger partial charge on any atom is -0.493 e. The molecule has 0 aliphatic carbocycles. The fourth-order valence-corrected chi connectivity index (χ4v) is 8.21. The lowest BCUT2D eigenvalue weighted by Gasteiger charge is -2.25. The number of aromatic amines is 2. The molecule has 4 heterocycles. The highest BCUT2D eigenvalue weighted by Gasteiger charge is 2.18. The molecule has 10 nitrogen and oxygen atoms in total. The van der Waals surface area contributed by atoms with Gasteiger partial charge in [-0.2, -0.15) is 0 Å². The normalized spacial score (nSPS) is 14.4. The molecule has 332 valence electrons. The molecule has 2 fully saturated rings. The van der Waals surface area contributed by atoms with E-state index in [2.05, 4.69) is 45.9 Å². The Hall–Kier alpha value is -3.65. The van der Waals surface area contributed by atoms with Gasteiger partial charge in [-0.1, -0.05) is 74.5 Å². The number of pyridine rings is 2. The largest absolute Gasteiger partial charge is 0.493 e. The molecule has 62 heavy (non-hydrogen) atoms. The zero-order valence-electron chi connectivity index (χ0n) is 34.3. The average molecular weight is 1010 g/mol. The van der Waals surface area contributed by atoms with Gasteiger partial charge < -0.3 is 39.5 Å². The molecule has 0 spiro atoms. The quantitative estimate of drug-likeness (QED) is 0.0871. The third kappa shape index (κ3) is 14.7. The molecule has 2 aliphatic rings. The molecule has 0 amide bonds. The molecule has 0 radical (unpaired) electrons. The van der Waals surface area contributed by atoms with E-state index < -0.39 is 0 Å². The molecule has 4 aromatic carbocycles. The molecule has 0 atom stereocenters. The molecule has 2 aliphatic heterocycles. The lowest BCUT2D eigenvalue weighted by Crippen LogP contribution is -2.32. The number of hydrogen-bond acceptors (Lipinski definition) is 8.